The minimum Gasteiger partial charge on any atom is -0.511 e. The van der Waals surface area contributed by atoms with Crippen LogP contribution < -0.4 is 0 Å². The molecular weight excluding hydrogens is 221 g/mol. The molecule has 0 rings (SSSR count). The van der Waals surface area contributed by atoms with Gasteiger partial charge >= 0.3 is 6.18 Å². The van der Waals surface area contributed by atoms with Crippen LogP contribution in [0.2, 0.25) is 0 Å². The van der Waals surface area contributed by atoms with Crippen LogP contribution in [0.4, 0.5) is 13.2 Å². The van der Waals surface area contributed by atoms with Gasteiger partial charge in [-0.25, -0.2) is 0 Å². The largest absolute Gasteiger partial charge is 0.511 e. The Labute approximate surface area is 93.2 Å². The predicted octanol–water partition coefficient (Wildman–Crippen LogP) is 3.63. The van der Waals surface area contributed by atoms with Crippen LogP contribution in [-0.4, -0.2) is 17.1 Å². The first-order valence-electron chi connectivity index (χ1n) is 4.99. The highest BCUT2D eigenvalue weighted by Crippen LogP contribution is 2.42. The molecule has 0 heterocycles. The van der Waals surface area contributed by atoms with Crippen LogP contribution in [0.3, 0.4) is 0 Å². The van der Waals surface area contributed by atoms with E-state index in [1.807, 2.05) is 0 Å². The number of ketones is 1. The zero-order chi connectivity index (χ0) is 13.1. The molecule has 0 unspecified atom stereocenters. The molecule has 16 heavy (non-hydrogen) atoms. The molecule has 0 aliphatic heterocycles. The van der Waals surface area contributed by atoms with Crippen LogP contribution in [-0.2, 0) is 4.79 Å². The first kappa shape index (κ1) is 15.0. The highest BCUT2D eigenvalue weighted by atomic mass is 19.4. The molecule has 0 aromatic carbocycles. The minimum atomic E-state index is -4.58. The van der Waals surface area contributed by atoms with Gasteiger partial charge in [-0.15, -0.1) is 0 Å². The fourth-order valence-corrected chi connectivity index (χ4v) is 0.939. The highest BCUT2D eigenvalue weighted by molar-refractivity contribution is 5.90. The number of allylic oxidation sites excluding steroid dienone is 2. The first-order valence-corrected chi connectivity index (χ1v) is 4.99. The normalized spacial score (nSPS) is 14.4. The van der Waals surface area contributed by atoms with Gasteiger partial charge < -0.3 is 5.11 Å². The number of hydrogen-bond acceptors (Lipinski definition) is 2. The molecule has 1 N–H and O–H groups in total. The topological polar surface area (TPSA) is 37.3 Å². The van der Waals surface area contributed by atoms with E-state index in [4.69, 9.17) is 0 Å². The molecular formula is C11H17F3O2. The molecule has 0 radical (unpaired) electrons. The molecule has 0 aromatic heterocycles. The third-order valence-electron chi connectivity index (χ3n) is 2.26. The van der Waals surface area contributed by atoms with E-state index < -0.39 is 23.1 Å². The summed E-state index contributed by atoms with van der Waals surface area (Å²) in [6, 6.07) is 0. The zero-order valence-corrected chi connectivity index (χ0v) is 9.85. The molecule has 0 spiro atoms. The lowest BCUT2D eigenvalue weighted by molar-refractivity contribution is -0.206. The Morgan fingerprint density at radius 3 is 2.06 bits per heavy atom. The summed E-state index contributed by atoms with van der Waals surface area (Å²) in [7, 11) is 0. The molecule has 0 saturated carbocycles. The van der Waals surface area contributed by atoms with Gasteiger partial charge in [0.05, 0.1) is 0 Å². The second-order valence-electron chi connectivity index (χ2n) is 4.72. The van der Waals surface area contributed by atoms with E-state index in [-0.39, 0.29) is 12.3 Å². The number of aliphatic hydroxyl groups is 1. The average Bonchev–Trinajstić information content (AvgIpc) is 1.99. The predicted molar refractivity (Wildman–Crippen MR) is 55.0 cm³/mol. The lowest BCUT2D eigenvalue weighted by Gasteiger charge is -2.26. The number of aliphatic hydroxyl groups excluding tert-OH is 1. The summed E-state index contributed by atoms with van der Waals surface area (Å²) in [6.07, 6.45) is -3.78. The molecule has 2 nitrogen and oxygen atoms in total. The lowest BCUT2D eigenvalue weighted by atomic mass is 9.89. The first-order chi connectivity index (χ1) is 6.98. The Kier molecular flexibility index (Phi) is 4.58. The van der Waals surface area contributed by atoms with Crippen molar-refractivity contribution >= 4 is 5.78 Å². The van der Waals surface area contributed by atoms with E-state index in [1.54, 1.807) is 13.8 Å². The van der Waals surface area contributed by atoms with Crippen molar-refractivity contribution in [2.75, 3.05) is 0 Å². The third-order valence-corrected chi connectivity index (χ3v) is 2.26. The number of alkyl halides is 3. The number of hydrogen-bond donors (Lipinski definition) is 1. The van der Waals surface area contributed by atoms with Gasteiger partial charge in [0, 0.05) is 12.5 Å². The van der Waals surface area contributed by atoms with Gasteiger partial charge in [0.15, 0.2) is 5.78 Å². The summed E-state index contributed by atoms with van der Waals surface area (Å²) in [4.78, 5) is 11.2. The van der Waals surface area contributed by atoms with Crippen molar-refractivity contribution in [1.82, 2.24) is 0 Å². The maximum Gasteiger partial charge on any atom is 0.400 e. The van der Waals surface area contributed by atoms with E-state index in [0.29, 0.717) is 6.08 Å². The Morgan fingerprint density at radius 1 is 1.31 bits per heavy atom. The number of carbonyl (C=O) groups is 1. The van der Waals surface area contributed by atoms with E-state index in [1.165, 1.54) is 0 Å². The van der Waals surface area contributed by atoms with Crippen molar-refractivity contribution < 1.29 is 23.1 Å². The van der Waals surface area contributed by atoms with Crippen LogP contribution in [0, 0.1) is 11.3 Å². The molecule has 0 aliphatic carbocycles. The summed E-state index contributed by atoms with van der Waals surface area (Å²) in [5.41, 5.74) is -2.39. The Morgan fingerprint density at radius 2 is 1.75 bits per heavy atom. The molecule has 94 valence electrons. The smallest absolute Gasteiger partial charge is 0.400 e. The standard InChI is InChI=1S/C11H17F3O2/c1-7(2)5-8(15)6-9(16)10(3,4)11(12,13)14/h6-7,16H,5H2,1-4H3. The van der Waals surface area contributed by atoms with Crippen molar-refractivity contribution in [3.63, 3.8) is 0 Å². The minimum absolute atomic E-state index is 0.0468. The molecule has 5 heteroatoms. The number of rotatable bonds is 4. The summed E-state index contributed by atoms with van der Waals surface area (Å²) in [5.74, 6) is -1.39. The van der Waals surface area contributed by atoms with Gasteiger partial charge in [-0.1, -0.05) is 13.8 Å². The molecule has 0 aliphatic rings. The summed E-state index contributed by atoms with van der Waals surface area (Å²) in [6.45, 7) is 5.22. The SMILES string of the molecule is CC(C)CC(=O)C=C(O)C(C)(C)C(F)(F)F. The van der Waals surface area contributed by atoms with Gasteiger partial charge in [0.2, 0.25) is 0 Å². The average molecular weight is 238 g/mol. The van der Waals surface area contributed by atoms with Crippen molar-refractivity contribution in [2.45, 2.75) is 40.3 Å². The van der Waals surface area contributed by atoms with Crippen LogP contribution in [0.25, 0.3) is 0 Å². The Balaban J connectivity index is 4.85. The zero-order valence-electron chi connectivity index (χ0n) is 9.85. The molecule has 0 atom stereocenters. The monoisotopic (exact) mass is 238 g/mol. The van der Waals surface area contributed by atoms with E-state index >= 15 is 0 Å². The quantitative estimate of drug-likeness (QED) is 0.599. The van der Waals surface area contributed by atoms with Gasteiger partial charge in [-0.3, -0.25) is 4.79 Å². The number of halogens is 3. The summed E-state index contributed by atoms with van der Waals surface area (Å²) < 4.78 is 37.5. The van der Waals surface area contributed by atoms with Crippen molar-refractivity contribution in [3.8, 4) is 0 Å². The molecule has 0 aromatic rings. The van der Waals surface area contributed by atoms with Gasteiger partial charge in [0.1, 0.15) is 11.2 Å². The van der Waals surface area contributed by atoms with E-state index in [2.05, 4.69) is 0 Å². The van der Waals surface area contributed by atoms with Crippen molar-refractivity contribution in [2.24, 2.45) is 11.3 Å². The molecule has 0 bridgehead atoms. The molecule has 0 amide bonds. The Bertz CT molecular complexity index is 288. The van der Waals surface area contributed by atoms with Gasteiger partial charge in [-0.05, 0) is 19.8 Å². The maximum atomic E-state index is 12.5. The second-order valence-corrected chi connectivity index (χ2v) is 4.72. The van der Waals surface area contributed by atoms with Crippen molar-refractivity contribution in [1.29, 1.82) is 0 Å². The van der Waals surface area contributed by atoms with Crippen LogP contribution in [0.5, 0.6) is 0 Å². The molecule has 0 fully saturated rings. The Hall–Kier alpha value is -1.00. The lowest BCUT2D eigenvalue weighted by Crippen LogP contribution is -2.34. The van der Waals surface area contributed by atoms with E-state index in [9.17, 15) is 23.1 Å². The number of carbonyl (C=O) groups excluding carboxylic acids is 1. The fourth-order valence-electron chi connectivity index (χ4n) is 0.939. The van der Waals surface area contributed by atoms with Crippen LogP contribution in [0.15, 0.2) is 11.8 Å². The van der Waals surface area contributed by atoms with Crippen LogP contribution >= 0.6 is 0 Å². The van der Waals surface area contributed by atoms with Crippen molar-refractivity contribution in [3.05, 3.63) is 11.8 Å². The van der Waals surface area contributed by atoms with Gasteiger partial charge in [-0.2, -0.15) is 13.2 Å². The summed E-state index contributed by atoms with van der Waals surface area (Å²) >= 11 is 0. The second kappa shape index (κ2) is 4.89. The van der Waals surface area contributed by atoms with E-state index in [0.717, 1.165) is 13.8 Å². The third kappa shape index (κ3) is 3.87. The molecule has 0 saturated heterocycles. The van der Waals surface area contributed by atoms with Crippen LogP contribution in [0.1, 0.15) is 34.1 Å². The highest BCUT2D eigenvalue weighted by Gasteiger charge is 2.50. The maximum absolute atomic E-state index is 12.5. The summed E-state index contributed by atoms with van der Waals surface area (Å²) in [5, 5.41) is 9.32. The van der Waals surface area contributed by atoms with Gasteiger partial charge in [0.25, 0.3) is 0 Å². The fraction of sp³-hybridized carbons (Fsp3) is 0.727.